The predicted molar refractivity (Wildman–Crippen MR) is 93.4 cm³/mol. The van der Waals surface area contributed by atoms with Crippen LogP contribution < -0.4 is 0 Å². The molecule has 3 rings (SSSR count). The maximum Gasteiger partial charge on any atom is 0.303 e. The largest absolute Gasteiger partial charge is 0.481 e. The number of amides is 1. The molecular weight excluding hydrogens is 348 g/mol. The second-order valence-electron chi connectivity index (χ2n) is 5.40. The van der Waals surface area contributed by atoms with Crippen molar-refractivity contribution in [3.63, 3.8) is 0 Å². The van der Waals surface area contributed by atoms with Crippen LogP contribution in [-0.4, -0.2) is 27.7 Å². The van der Waals surface area contributed by atoms with Gasteiger partial charge in [-0.2, -0.15) is 5.10 Å². The van der Waals surface area contributed by atoms with Gasteiger partial charge in [-0.15, -0.1) is 11.3 Å². The average molecular weight is 363 g/mol. The van der Waals surface area contributed by atoms with Gasteiger partial charge in [0.15, 0.2) is 0 Å². The van der Waals surface area contributed by atoms with Crippen molar-refractivity contribution in [3.8, 4) is 0 Å². The van der Waals surface area contributed by atoms with Crippen molar-refractivity contribution < 1.29 is 14.7 Å². The number of nitrogens with zero attached hydrogens (tertiary/aromatic N) is 2. The molecule has 1 aliphatic rings. The van der Waals surface area contributed by atoms with Crippen molar-refractivity contribution in [2.24, 2.45) is 5.10 Å². The fourth-order valence-electron chi connectivity index (χ4n) is 2.65. The maximum atomic E-state index is 12.5. The Balaban J connectivity index is 1.91. The lowest BCUT2D eigenvalue weighted by Crippen LogP contribution is -2.27. The Bertz CT molecular complexity index is 789. The molecule has 0 radical (unpaired) electrons. The van der Waals surface area contributed by atoms with Crippen LogP contribution in [0.5, 0.6) is 0 Å². The number of carbonyl (C=O) groups excluding carboxylic acids is 1. The molecule has 7 heteroatoms. The zero-order valence-electron chi connectivity index (χ0n) is 12.7. The van der Waals surface area contributed by atoms with Crippen LogP contribution in [0.1, 0.15) is 35.7 Å². The molecule has 1 atom stereocenters. The zero-order valence-corrected chi connectivity index (χ0v) is 14.3. The quantitative estimate of drug-likeness (QED) is 0.875. The van der Waals surface area contributed by atoms with Gasteiger partial charge in [0.05, 0.1) is 23.1 Å². The Hall–Kier alpha value is -2.18. The summed E-state index contributed by atoms with van der Waals surface area (Å²) in [5.41, 5.74) is 1.64. The summed E-state index contributed by atoms with van der Waals surface area (Å²) in [4.78, 5) is 24.2. The molecule has 0 spiro atoms. The molecule has 5 nitrogen and oxygen atoms in total. The second-order valence-corrected chi connectivity index (χ2v) is 6.75. The monoisotopic (exact) mass is 362 g/mol. The van der Waals surface area contributed by atoms with Gasteiger partial charge >= 0.3 is 5.97 Å². The molecule has 1 aromatic carbocycles. The van der Waals surface area contributed by atoms with E-state index in [1.165, 1.54) is 5.01 Å². The second kappa shape index (κ2) is 7.15. The third-order valence-corrected chi connectivity index (χ3v) is 5.05. The standard InChI is InChI=1S/C17H15ClN2O3S/c18-12-5-2-1-4-11(12)14-10-13(15-6-3-9-24-15)19-20(14)16(21)7-8-17(22)23/h1-6,9,14H,7-8,10H2,(H,22,23)/t14-/m1/s1. The molecule has 0 fully saturated rings. The van der Waals surface area contributed by atoms with Gasteiger partial charge in [-0.1, -0.05) is 35.9 Å². The van der Waals surface area contributed by atoms with Crippen LogP contribution in [0.2, 0.25) is 5.02 Å². The van der Waals surface area contributed by atoms with Crippen LogP contribution >= 0.6 is 22.9 Å². The summed E-state index contributed by atoms with van der Waals surface area (Å²) in [5.74, 6) is -1.31. The molecular formula is C17H15ClN2O3S. The van der Waals surface area contributed by atoms with Crippen LogP contribution in [0.25, 0.3) is 0 Å². The van der Waals surface area contributed by atoms with E-state index in [1.54, 1.807) is 17.4 Å². The number of benzene rings is 1. The minimum Gasteiger partial charge on any atom is -0.481 e. The van der Waals surface area contributed by atoms with Gasteiger partial charge in [0, 0.05) is 17.9 Å². The number of hydrogen-bond donors (Lipinski definition) is 1. The van der Waals surface area contributed by atoms with Gasteiger partial charge < -0.3 is 5.11 Å². The normalized spacial score (nSPS) is 17.0. The van der Waals surface area contributed by atoms with E-state index < -0.39 is 5.97 Å². The minimum absolute atomic E-state index is 0.0858. The number of hydrazone groups is 1. The van der Waals surface area contributed by atoms with E-state index in [2.05, 4.69) is 5.10 Å². The summed E-state index contributed by atoms with van der Waals surface area (Å²) in [5, 5.41) is 17.2. The highest BCUT2D eigenvalue weighted by Gasteiger charge is 2.34. The Morgan fingerprint density at radius 1 is 1.25 bits per heavy atom. The zero-order chi connectivity index (χ0) is 17.1. The van der Waals surface area contributed by atoms with Crippen LogP contribution in [0.4, 0.5) is 0 Å². The Morgan fingerprint density at radius 3 is 2.71 bits per heavy atom. The van der Waals surface area contributed by atoms with Gasteiger partial charge in [0.2, 0.25) is 5.91 Å². The highest BCUT2D eigenvalue weighted by Crippen LogP contribution is 2.37. The molecule has 1 aromatic heterocycles. The van der Waals surface area contributed by atoms with Gasteiger partial charge in [-0.05, 0) is 23.1 Å². The molecule has 0 aliphatic carbocycles. The first-order valence-corrected chi connectivity index (χ1v) is 8.71. The molecule has 124 valence electrons. The highest BCUT2D eigenvalue weighted by atomic mass is 35.5. The van der Waals surface area contributed by atoms with Crippen molar-refractivity contribution >= 4 is 40.5 Å². The molecule has 0 saturated heterocycles. The molecule has 1 N–H and O–H groups in total. The lowest BCUT2D eigenvalue weighted by atomic mass is 10.0. The Morgan fingerprint density at radius 2 is 2.04 bits per heavy atom. The number of aliphatic carboxylic acids is 1. The minimum atomic E-state index is -1.00. The Kier molecular flexibility index (Phi) is 4.97. The smallest absolute Gasteiger partial charge is 0.303 e. The maximum absolute atomic E-state index is 12.5. The first kappa shape index (κ1) is 16.7. The molecule has 0 saturated carbocycles. The summed E-state index contributed by atoms with van der Waals surface area (Å²) >= 11 is 7.85. The summed E-state index contributed by atoms with van der Waals surface area (Å²) in [6, 6.07) is 10.9. The average Bonchev–Trinajstić information content (AvgIpc) is 3.22. The molecule has 0 bridgehead atoms. The van der Waals surface area contributed by atoms with E-state index in [1.807, 2.05) is 35.7 Å². The van der Waals surface area contributed by atoms with Crippen LogP contribution in [0, 0.1) is 0 Å². The SMILES string of the molecule is O=C(O)CCC(=O)N1N=C(c2cccs2)C[C@@H]1c1ccccc1Cl. The topological polar surface area (TPSA) is 70.0 Å². The molecule has 2 heterocycles. The third kappa shape index (κ3) is 3.49. The fraction of sp³-hybridized carbons (Fsp3) is 0.235. The van der Waals surface area contributed by atoms with E-state index in [0.717, 1.165) is 16.2 Å². The molecule has 2 aromatic rings. The lowest BCUT2D eigenvalue weighted by molar-refractivity contribution is -0.141. The van der Waals surface area contributed by atoms with Crippen molar-refractivity contribution in [1.82, 2.24) is 5.01 Å². The Labute approximate surface area is 148 Å². The van der Waals surface area contributed by atoms with E-state index in [9.17, 15) is 9.59 Å². The first-order valence-electron chi connectivity index (χ1n) is 7.46. The predicted octanol–water partition coefficient (Wildman–Crippen LogP) is 3.94. The van der Waals surface area contributed by atoms with E-state index in [0.29, 0.717) is 11.4 Å². The number of carbonyl (C=O) groups is 2. The van der Waals surface area contributed by atoms with Crippen LogP contribution in [0.15, 0.2) is 46.9 Å². The van der Waals surface area contributed by atoms with Crippen molar-refractivity contribution in [2.45, 2.75) is 25.3 Å². The van der Waals surface area contributed by atoms with Gasteiger partial charge in [0.25, 0.3) is 0 Å². The van der Waals surface area contributed by atoms with E-state index in [4.69, 9.17) is 16.7 Å². The van der Waals surface area contributed by atoms with Crippen molar-refractivity contribution in [3.05, 3.63) is 57.2 Å². The lowest BCUT2D eigenvalue weighted by Gasteiger charge is -2.22. The van der Waals surface area contributed by atoms with E-state index in [-0.39, 0.29) is 24.8 Å². The van der Waals surface area contributed by atoms with Crippen LogP contribution in [0.3, 0.4) is 0 Å². The fourth-order valence-corrected chi connectivity index (χ4v) is 3.63. The first-order chi connectivity index (χ1) is 11.6. The summed E-state index contributed by atoms with van der Waals surface area (Å²) in [7, 11) is 0. The van der Waals surface area contributed by atoms with Crippen molar-refractivity contribution in [2.75, 3.05) is 0 Å². The molecule has 1 aliphatic heterocycles. The summed E-state index contributed by atoms with van der Waals surface area (Å²) < 4.78 is 0. The van der Waals surface area contributed by atoms with Gasteiger partial charge in [-0.3, -0.25) is 9.59 Å². The van der Waals surface area contributed by atoms with Crippen molar-refractivity contribution in [1.29, 1.82) is 0 Å². The number of thiophene rings is 1. The van der Waals surface area contributed by atoms with E-state index >= 15 is 0 Å². The summed E-state index contributed by atoms with van der Waals surface area (Å²) in [6.07, 6.45) is 0.259. The van der Waals surface area contributed by atoms with Crippen LogP contribution in [-0.2, 0) is 9.59 Å². The molecule has 24 heavy (non-hydrogen) atoms. The number of rotatable bonds is 5. The number of halogens is 1. The molecule has 1 amide bonds. The van der Waals surface area contributed by atoms with Gasteiger partial charge in [0.1, 0.15) is 0 Å². The third-order valence-electron chi connectivity index (χ3n) is 3.79. The highest BCUT2D eigenvalue weighted by molar-refractivity contribution is 7.12. The van der Waals surface area contributed by atoms with Gasteiger partial charge in [-0.25, -0.2) is 5.01 Å². The summed E-state index contributed by atoms with van der Waals surface area (Å²) in [6.45, 7) is 0. The number of carboxylic acids is 1. The number of carboxylic acid groups (broad SMARTS) is 1. The number of hydrogen-bond acceptors (Lipinski definition) is 4. The molecule has 0 unspecified atom stereocenters.